The number of carbonyl (C=O) groups excluding carboxylic acids is 2. The summed E-state index contributed by atoms with van der Waals surface area (Å²) >= 11 is 0. The minimum absolute atomic E-state index is 0.0909. The Morgan fingerprint density at radius 2 is 2.35 bits per heavy atom. The molecular formula is C14H20N2O4. The van der Waals surface area contributed by atoms with E-state index >= 15 is 0 Å². The maximum Gasteiger partial charge on any atom is 0.286 e. The van der Waals surface area contributed by atoms with Gasteiger partial charge in [-0.05, 0) is 25.0 Å². The Bertz CT molecular complexity index is 444. The van der Waals surface area contributed by atoms with Crippen LogP contribution in [0.3, 0.4) is 0 Å². The number of aliphatic hydroxyl groups is 1. The van der Waals surface area contributed by atoms with E-state index < -0.39 is 0 Å². The van der Waals surface area contributed by atoms with Gasteiger partial charge in [0, 0.05) is 38.6 Å². The molecule has 1 saturated heterocycles. The minimum Gasteiger partial charge on any atom is -0.459 e. The summed E-state index contributed by atoms with van der Waals surface area (Å²) in [6, 6.07) is 3.25. The molecule has 2 rings (SSSR count). The topological polar surface area (TPSA) is 82.8 Å². The first-order chi connectivity index (χ1) is 9.70. The standard InChI is InChI=1S/C14H20N2O4/c17-10-11-5-7-16(9-11)13(18)4-1-6-15-14(19)12-3-2-8-20-12/h2-3,8,11,17H,1,4-7,9-10H2,(H,15,19). The summed E-state index contributed by atoms with van der Waals surface area (Å²) in [5, 5.41) is 11.7. The molecule has 1 aromatic rings. The fourth-order valence-electron chi connectivity index (χ4n) is 2.30. The second-order valence-corrected chi connectivity index (χ2v) is 5.01. The zero-order valence-corrected chi connectivity index (χ0v) is 11.4. The third-order valence-electron chi connectivity index (χ3n) is 3.49. The second kappa shape index (κ2) is 7.09. The van der Waals surface area contributed by atoms with Crippen LogP contribution in [0.1, 0.15) is 29.8 Å². The van der Waals surface area contributed by atoms with Crippen molar-refractivity contribution in [1.29, 1.82) is 0 Å². The van der Waals surface area contributed by atoms with Gasteiger partial charge >= 0.3 is 0 Å². The number of hydrogen-bond donors (Lipinski definition) is 2. The molecule has 1 aliphatic rings. The molecule has 6 heteroatoms. The molecule has 20 heavy (non-hydrogen) atoms. The highest BCUT2D eigenvalue weighted by Gasteiger charge is 2.24. The largest absolute Gasteiger partial charge is 0.459 e. The van der Waals surface area contributed by atoms with Crippen LogP contribution >= 0.6 is 0 Å². The van der Waals surface area contributed by atoms with E-state index in [9.17, 15) is 9.59 Å². The number of nitrogens with one attached hydrogen (secondary N) is 1. The summed E-state index contributed by atoms with van der Waals surface area (Å²) in [5.74, 6) is 0.330. The molecular weight excluding hydrogens is 260 g/mol. The second-order valence-electron chi connectivity index (χ2n) is 5.01. The van der Waals surface area contributed by atoms with E-state index in [1.54, 1.807) is 17.0 Å². The number of rotatable bonds is 6. The Labute approximate surface area is 117 Å². The highest BCUT2D eigenvalue weighted by Crippen LogP contribution is 2.16. The summed E-state index contributed by atoms with van der Waals surface area (Å²) in [7, 11) is 0. The van der Waals surface area contributed by atoms with Crippen LogP contribution in [0.25, 0.3) is 0 Å². The molecule has 2 N–H and O–H groups in total. The first kappa shape index (κ1) is 14.6. The van der Waals surface area contributed by atoms with E-state index in [0.717, 1.165) is 13.0 Å². The smallest absolute Gasteiger partial charge is 0.286 e. The molecule has 2 heterocycles. The first-order valence-electron chi connectivity index (χ1n) is 6.91. The van der Waals surface area contributed by atoms with E-state index in [4.69, 9.17) is 9.52 Å². The summed E-state index contributed by atoms with van der Waals surface area (Å²) in [6.45, 7) is 1.96. The molecule has 1 aliphatic heterocycles. The molecule has 0 aromatic carbocycles. The van der Waals surface area contributed by atoms with Crippen LogP contribution in [0.2, 0.25) is 0 Å². The highest BCUT2D eigenvalue weighted by molar-refractivity contribution is 5.91. The van der Waals surface area contributed by atoms with Crippen molar-refractivity contribution in [3.8, 4) is 0 Å². The van der Waals surface area contributed by atoms with E-state index in [0.29, 0.717) is 25.9 Å². The Kier molecular flexibility index (Phi) is 5.17. The zero-order valence-electron chi connectivity index (χ0n) is 11.4. The maximum absolute atomic E-state index is 11.9. The first-order valence-corrected chi connectivity index (χ1v) is 6.91. The van der Waals surface area contributed by atoms with Gasteiger partial charge in [-0.25, -0.2) is 0 Å². The predicted octanol–water partition coefficient (Wildman–Crippen LogP) is 0.630. The molecule has 2 amide bonds. The molecule has 110 valence electrons. The summed E-state index contributed by atoms with van der Waals surface area (Å²) < 4.78 is 4.97. The van der Waals surface area contributed by atoms with Crippen molar-refractivity contribution in [3.63, 3.8) is 0 Å². The van der Waals surface area contributed by atoms with Gasteiger partial charge in [0.1, 0.15) is 0 Å². The molecule has 0 spiro atoms. The van der Waals surface area contributed by atoms with Crippen LogP contribution in [-0.2, 0) is 4.79 Å². The number of hydrogen-bond acceptors (Lipinski definition) is 4. The summed E-state index contributed by atoms with van der Waals surface area (Å²) in [6.07, 6.45) is 3.34. The average molecular weight is 280 g/mol. The van der Waals surface area contributed by atoms with Crippen molar-refractivity contribution in [2.24, 2.45) is 5.92 Å². The maximum atomic E-state index is 11.9. The molecule has 1 atom stereocenters. The molecule has 1 fully saturated rings. The van der Waals surface area contributed by atoms with E-state index in [1.165, 1.54) is 6.26 Å². The molecule has 1 aromatic heterocycles. The number of likely N-dealkylation sites (tertiary alicyclic amines) is 1. The quantitative estimate of drug-likeness (QED) is 0.749. The third kappa shape index (κ3) is 3.84. The van der Waals surface area contributed by atoms with Gasteiger partial charge in [-0.1, -0.05) is 0 Å². The predicted molar refractivity (Wildman–Crippen MR) is 72.0 cm³/mol. The molecule has 1 unspecified atom stereocenters. The Morgan fingerprint density at radius 3 is 3.00 bits per heavy atom. The fourth-order valence-corrected chi connectivity index (χ4v) is 2.30. The minimum atomic E-state index is -0.260. The van der Waals surface area contributed by atoms with Gasteiger partial charge in [0.05, 0.1) is 6.26 Å². The average Bonchev–Trinajstić information content (AvgIpc) is 3.13. The van der Waals surface area contributed by atoms with Crippen molar-refractivity contribution in [3.05, 3.63) is 24.2 Å². The number of carbonyl (C=O) groups is 2. The molecule has 0 aliphatic carbocycles. The molecule has 6 nitrogen and oxygen atoms in total. The normalized spacial score (nSPS) is 18.2. The van der Waals surface area contributed by atoms with Crippen molar-refractivity contribution < 1.29 is 19.1 Å². The third-order valence-corrected chi connectivity index (χ3v) is 3.49. The number of furan rings is 1. The lowest BCUT2D eigenvalue weighted by Gasteiger charge is -2.16. The van der Waals surface area contributed by atoms with Gasteiger partial charge in [0.25, 0.3) is 5.91 Å². The van der Waals surface area contributed by atoms with Gasteiger partial charge in [-0.15, -0.1) is 0 Å². The Morgan fingerprint density at radius 1 is 1.50 bits per heavy atom. The lowest BCUT2D eigenvalue weighted by molar-refractivity contribution is -0.130. The van der Waals surface area contributed by atoms with Crippen molar-refractivity contribution in [2.45, 2.75) is 19.3 Å². The molecule has 0 radical (unpaired) electrons. The summed E-state index contributed by atoms with van der Waals surface area (Å²) in [5.41, 5.74) is 0. The van der Waals surface area contributed by atoms with E-state index in [-0.39, 0.29) is 30.1 Å². The Hall–Kier alpha value is -1.82. The highest BCUT2D eigenvalue weighted by atomic mass is 16.3. The van der Waals surface area contributed by atoms with Gasteiger partial charge in [-0.3, -0.25) is 9.59 Å². The van der Waals surface area contributed by atoms with Crippen LogP contribution in [0, 0.1) is 5.92 Å². The summed E-state index contributed by atoms with van der Waals surface area (Å²) in [4.78, 5) is 25.2. The van der Waals surface area contributed by atoms with Crippen LogP contribution < -0.4 is 5.32 Å². The lowest BCUT2D eigenvalue weighted by atomic mass is 10.1. The van der Waals surface area contributed by atoms with Crippen molar-refractivity contribution in [2.75, 3.05) is 26.2 Å². The van der Waals surface area contributed by atoms with E-state index in [2.05, 4.69) is 5.32 Å². The number of nitrogens with zero attached hydrogens (tertiary/aromatic N) is 1. The monoisotopic (exact) mass is 280 g/mol. The van der Waals surface area contributed by atoms with Crippen molar-refractivity contribution in [1.82, 2.24) is 10.2 Å². The van der Waals surface area contributed by atoms with Crippen molar-refractivity contribution >= 4 is 11.8 Å². The van der Waals surface area contributed by atoms with Gasteiger partial charge in [0.15, 0.2) is 5.76 Å². The van der Waals surface area contributed by atoms with Gasteiger partial charge in [0.2, 0.25) is 5.91 Å². The number of amides is 2. The fraction of sp³-hybridized carbons (Fsp3) is 0.571. The molecule has 0 saturated carbocycles. The number of aliphatic hydroxyl groups excluding tert-OH is 1. The van der Waals surface area contributed by atoms with Crippen LogP contribution in [0.5, 0.6) is 0 Å². The van der Waals surface area contributed by atoms with Crippen LogP contribution in [-0.4, -0.2) is 48.1 Å². The zero-order chi connectivity index (χ0) is 14.4. The van der Waals surface area contributed by atoms with E-state index in [1.807, 2.05) is 0 Å². The van der Waals surface area contributed by atoms with Gasteiger partial charge < -0.3 is 19.7 Å². The Balaban J connectivity index is 1.61. The van der Waals surface area contributed by atoms with Crippen LogP contribution in [0.4, 0.5) is 0 Å². The molecule has 0 bridgehead atoms. The van der Waals surface area contributed by atoms with Gasteiger partial charge in [-0.2, -0.15) is 0 Å². The lowest BCUT2D eigenvalue weighted by Crippen LogP contribution is -2.30. The van der Waals surface area contributed by atoms with Crippen LogP contribution in [0.15, 0.2) is 22.8 Å². The SMILES string of the molecule is O=C(NCCCC(=O)N1CCC(CO)C1)c1ccco1.